The largest absolute Gasteiger partial charge is 0.142 e. The van der Waals surface area contributed by atoms with Crippen molar-refractivity contribution in [2.24, 2.45) is 0 Å². The molecule has 3 rings (SSSR count). The molecule has 0 aliphatic rings. The van der Waals surface area contributed by atoms with Gasteiger partial charge in [0, 0.05) is 4.90 Å². The molecule has 3 aromatic rings. The molecule has 2 heteroatoms. The Morgan fingerprint density at radius 1 is 0.696 bits per heavy atom. The Morgan fingerprint density at radius 3 is 1.70 bits per heavy atom. The van der Waals surface area contributed by atoms with Gasteiger partial charge in [0.05, 0.1) is 0 Å². The van der Waals surface area contributed by atoms with E-state index in [1.54, 1.807) is 0 Å². The Labute approximate surface area is 145 Å². The summed E-state index contributed by atoms with van der Waals surface area (Å²) in [7, 11) is -0.584. The molecule has 0 unspecified atom stereocenters. The number of rotatable bonds is 4. The van der Waals surface area contributed by atoms with Gasteiger partial charge in [0.15, 0.2) is 0 Å². The van der Waals surface area contributed by atoms with Crippen LogP contribution >= 0.6 is 20.6 Å². The van der Waals surface area contributed by atoms with Crippen LogP contribution < -0.4 is 15.9 Å². The smallest absolute Gasteiger partial charge is 0.0158 e. The summed E-state index contributed by atoms with van der Waals surface area (Å²) in [5.41, 5.74) is 1.32. The molecule has 0 nitrogen and oxygen atoms in total. The Bertz CT molecular complexity index is 727. The summed E-state index contributed by atoms with van der Waals surface area (Å²) >= 11 is 4.91. The van der Waals surface area contributed by atoms with Crippen molar-refractivity contribution in [2.75, 3.05) is 0 Å². The average molecular weight is 336 g/mol. The summed E-state index contributed by atoms with van der Waals surface area (Å²) < 4.78 is 0. The fourth-order valence-electron chi connectivity index (χ4n) is 2.78. The van der Waals surface area contributed by atoms with Crippen molar-refractivity contribution in [3.63, 3.8) is 0 Å². The summed E-state index contributed by atoms with van der Waals surface area (Å²) in [4.78, 5) is 1.14. The molecule has 0 amide bonds. The molecule has 23 heavy (non-hydrogen) atoms. The van der Waals surface area contributed by atoms with Gasteiger partial charge >= 0.3 is 0 Å². The van der Waals surface area contributed by atoms with Gasteiger partial charge in [-0.3, -0.25) is 0 Å². The van der Waals surface area contributed by atoms with E-state index in [1.165, 1.54) is 21.5 Å². The van der Waals surface area contributed by atoms with Gasteiger partial charge in [-0.2, -0.15) is 0 Å². The highest BCUT2D eigenvalue weighted by molar-refractivity contribution is 7.84. The van der Waals surface area contributed by atoms with Crippen LogP contribution in [-0.4, -0.2) is 0 Å². The van der Waals surface area contributed by atoms with Crippen LogP contribution in [0.1, 0.15) is 25.3 Å². The Morgan fingerprint density at radius 2 is 1.22 bits per heavy atom. The van der Waals surface area contributed by atoms with Crippen molar-refractivity contribution in [1.29, 1.82) is 0 Å². The minimum absolute atomic E-state index is 0.478. The molecule has 0 spiro atoms. The molecule has 0 aromatic heterocycles. The van der Waals surface area contributed by atoms with Gasteiger partial charge in [-0.25, -0.2) is 0 Å². The van der Waals surface area contributed by atoms with Crippen molar-refractivity contribution in [3.8, 4) is 0 Å². The van der Waals surface area contributed by atoms with Crippen molar-refractivity contribution in [2.45, 2.75) is 24.7 Å². The first kappa shape index (κ1) is 16.3. The lowest BCUT2D eigenvalue weighted by Gasteiger charge is -2.23. The van der Waals surface area contributed by atoms with Crippen molar-refractivity contribution < 1.29 is 0 Å². The number of thiol groups is 1. The predicted octanol–water partition coefficient (Wildman–Crippen LogP) is 4.86. The first-order chi connectivity index (χ1) is 11.2. The van der Waals surface area contributed by atoms with Crippen LogP contribution in [0.2, 0.25) is 0 Å². The van der Waals surface area contributed by atoms with Gasteiger partial charge in [-0.05, 0) is 35.3 Å². The predicted molar refractivity (Wildman–Crippen MR) is 106 cm³/mol. The number of hydrogen-bond donors (Lipinski definition) is 1. The molecule has 0 saturated heterocycles. The third kappa shape index (κ3) is 3.52. The quantitative estimate of drug-likeness (QED) is 0.511. The maximum atomic E-state index is 4.91. The molecule has 0 aliphatic heterocycles. The molecular formula is C21H21PS. The van der Waals surface area contributed by atoms with E-state index in [1.807, 2.05) is 0 Å². The van der Waals surface area contributed by atoms with E-state index in [4.69, 9.17) is 12.6 Å². The van der Waals surface area contributed by atoms with Gasteiger partial charge in [0.25, 0.3) is 0 Å². The van der Waals surface area contributed by atoms with Crippen LogP contribution in [0.4, 0.5) is 0 Å². The monoisotopic (exact) mass is 336 g/mol. The van der Waals surface area contributed by atoms with Crippen LogP contribution in [0.15, 0.2) is 83.8 Å². The van der Waals surface area contributed by atoms with Crippen LogP contribution in [0, 0.1) is 0 Å². The van der Waals surface area contributed by atoms with Gasteiger partial charge < -0.3 is 0 Å². The SMILES string of the molecule is CC(C)c1cccc(P(c2ccccc2)c2ccccc2)c1S. The zero-order valence-corrected chi connectivity index (χ0v) is 15.3. The first-order valence-corrected chi connectivity index (χ1v) is 9.69. The van der Waals surface area contributed by atoms with Crippen molar-refractivity contribution >= 4 is 36.5 Å². The van der Waals surface area contributed by atoms with Gasteiger partial charge in [-0.1, -0.05) is 92.7 Å². The van der Waals surface area contributed by atoms with Crippen molar-refractivity contribution in [1.82, 2.24) is 0 Å². The average Bonchev–Trinajstić information content (AvgIpc) is 2.58. The first-order valence-electron chi connectivity index (χ1n) is 7.90. The second kappa shape index (κ2) is 7.34. The highest BCUT2D eigenvalue weighted by Crippen LogP contribution is 2.37. The molecule has 0 bridgehead atoms. The second-order valence-electron chi connectivity index (χ2n) is 5.88. The molecule has 0 saturated carbocycles. The summed E-state index contributed by atoms with van der Waals surface area (Å²) in [5, 5.41) is 4.07. The zero-order chi connectivity index (χ0) is 16.2. The Hall–Kier alpha value is -1.56. The molecule has 0 atom stereocenters. The van der Waals surface area contributed by atoms with Crippen LogP contribution in [0.5, 0.6) is 0 Å². The fourth-order valence-corrected chi connectivity index (χ4v) is 5.85. The highest BCUT2D eigenvalue weighted by Gasteiger charge is 2.20. The van der Waals surface area contributed by atoms with Crippen LogP contribution in [-0.2, 0) is 0 Å². The van der Waals surface area contributed by atoms with E-state index < -0.39 is 7.92 Å². The minimum Gasteiger partial charge on any atom is -0.142 e. The molecule has 116 valence electrons. The van der Waals surface area contributed by atoms with Crippen LogP contribution in [0.3, 0.4) is 0 Å². The normalized spacial score (nSPS) is 11.2. The molecule has 0 heterocycles. The molecule has 0 aliphatic carbocycles. The summed E-state index contributed by atoms with van der Waals surface area (Å²) in [6.45, 7) is 4.46. The maximum Gasteiger partial charge on any atom is 0.0158 e. The van der Waals surface area contributed by atoms with Crippen LogP contribution in [0.25, 0.3) is 0 Å². The lowest BCUT2D eigenvalue weighted by atomic mass is 10.0. The maximum absolute atomic E-state index is 4.91. The molecular weight excluding hydrogens is 315 g/mol. The topological polar surface area (TPSA) is 0 Å². The third-order valence-electron chi connectivity index (χ3n) is 3.94. The second-order valence-corrected chi connectivity index (χ2v) is 8.51. The Balaban J connectivity index is 2.20. The van der Waals surface area contributed by atoms with Gasteiger partial charge in [0.2, 0.25) is 0 Å². The number of benzene rings is 3. The van der Waals surface area contributed by atoms with E-state index >= 15 is 0 Å². The molecule has 0 N–H and O–H groups in total. The van der Waals surface area contributed by atoms with Gasteiger partial charge in [0.1, 0.15) is 0 Å². The molecule has 0 radical (unpaired) electrons. The van der Waals surface area contributed by atoms with Crippen molar-refractivity contribution in [3.05, 3.63) is 84.4 Å². The van der Waals surface area contributed by atoms with E-state index in [9.17, 15) is 0 Å². The third-order valence-corrected chi connectivity index (χ3v) is 7.10. The summed E-state index contributed by atoms with van der Waals surface area (Å²) in [5.74, 6) is 0.478. The lowest BCUT2D eigenvalue weighted by Crippen LogP contribution is -2.22. The summed E-state index contributed by atoms with van der Waals surface area (Å²) in [6.07, 6.45) is 0. The van der Waals surface area contributed by atoms with E-state index in [2.05, 4.69) is 92.7 Å². The van der Waals surface area contributed by atoms with Gasteiger partial charge in [-0.15, -0.1) is 12.6 Å². The highest BCUT2D eigenvalue weighted by atomic mass is 32.1. The zero-order valence-electron chi connectivity index (χ0n) is 13.5. The lowest BCUT2D eigenvalue weighted by molar-refractivity contribution is 0.846. The summed E-state index contributed by atoms with van der Waals surface area (Å²) in [6, 6.07) is 28.2. The van der Waals surface area contributed by atoms with E-state index in [0.29, 0.717) is 5.92 Å². The van der Waals surface area contributed by atoms with E-state index in [-0.39, 0.29) is 0 Å². The minimum atomic E-state index is -0.584. The standard InChI is InChI=1S/C21H21PS/c1-16(2)19-14-9-15-20(21(19)23)22(17-10-5-3-6-11-17)18-12-7-4-8-13-18/h3-16,23H,1-2H3. The number of hydrogen-bond acceptors (Lipinski definition) is 1. The van der Waals surface area contributed by atoms with E-state index in [0.717, 1.165) is 4.90 Å². The Kier molecular flexibility index (Phi) is 5.20. The molecule has 3 aromatic carbocycles. The molecule has 0 fully saturated rings. The fraction of sp³-hybridized carbons (Fsp3) is 0.143.